The standard InChI is InChI=1S/C20H22O9/c1-9(10-3-4-12-8-13(27-2)6-5-11(12)7-10)19(25)28-16-14(21)15(22)20(26)29-17(16)18(23)24/h3-9,14-17,20-22,26H,1-2H3,(H,23,24)/t9-,14+,15+,16-,17-,20+/m0/s1. The van der Waals surface area contributed by atoms with Crippen LogP contribution in [0, 0.1) is 0 Å². The van der Waals surface area contributed by atoms with E-state index in [0.29, 0.717) is 11.3 Å². The lowest BCUT2D eigenvalue weighted by atomic mass is 9.96. The number of rotatable bonds is 5. The molecule has 3 rings (SSSR count). The van der Waals surface area contributed by atoms with Gasteiger partial charge < -0.3 is 34.6 Å². The molecule has 0 saturated carbocycles. The molecule has 0 unspecified atom stereocenters. The maximum Gasteiger partial charge on any atom is 0.336 e. The number of aliphatic hydroxyl groups is 3. The van der Waals surface area contributed by atoms with E-state index < -0.39 is 48.6 Å². The number of hydrogen-bond donors (Lipinski definition) is 4. The molecule has 0 aromatic heterocycles. The fourth-order valence-electron chi connectivity index (χ4n) is 3.19. The number of hydrogen-bond acceptors (Lipinski definition) is 8. The molecule has 9 nitrogen and oxygen atoms in total. The first kappa shape index (κ1) is 21.0. The number of esters is 1. The van der Waals surface area contributed by atoms with Crippen LogP contribution in [0.15, 0.2) is 36.4 Å². The minimum Gasteiger partial charge on any atom is -0.497 e. The molecule has 2 aromatic rings. The van der Waals surface area contributed by atoms with E-state index in [1.54, 1.807) is 32.2 Å². The number of fused-ring (bicyclic) bond motifs is 1. The predicted molar refractivity (Wildman–Crippen MR) is 99.3 cm³/mol. The lowest BCUT2D eigenvalue weighted by Gasteiger charge is -2.38. The molecule has 1 heterocycles. The molecule has 0 radical (unpaired) electrons. The molecule has 0 amide bonds. The van der Waals surface area contributed by atoms with Crippen molar-refractivity contribution < 1.29 is 44.2 Å². The van der Waals surface area contributed by atoms with Gasteiger partial charge in [-0.25, -0.2) is 4.79 Å². The highest BCUT2D eigenvalue weighted by molar-refractivity contribution is 5.87. The molecule has 29 heavy (non-hydrogen) atoms. The number of benzene rings is 2. The van der Waals surface area contributed by atoms with Gasteiger partial charge in [0.1, 0.15) is 18.0 Å². The van der Waals surface area contributed by atoms with Gasteiger partial charge in [0.15, 0.2) is 18.5 Å². The summed E-state index contributed by atoms with van der Waals surface area (Å²) in [6.45, 7) is 1.57. The maximum absolute atomic E-state index is 12.6. The number of aliphatic hydroxyl groups excluding tert-OH is 3. The molecule has 2 aromatic carbocycles. The highest BCUT2D eigenvalue weighted by Gasteiger charge is 2.49. The van der Waals surface area contributed by atoms with Crippen molar-refractivity contribution in [1.29, 1.82) is 0 Å². The van der Waals surface area contributed by atoms with E-state index in [0.717, 1.165) is 10.8 Å². The Morgan fingerprint density at radius 3 is 2.34 bits per heavy atom. The van der Waals surface area contributed by atoms with Crippen LogP contribution < -0.4 is 4.74 Å². The molecule has 6 atom stereocenters. The zero-order valence-electron chi connectivity index (χ0n) is 15.8. The zero-order chi connectivity index (χ0) is 21.3. The Balaban J connectivity index is 1.80. The number of aliphatic carboxylic acids is 1. The first-order chi connectivity index (χ1) is 13.7. The van der Waals surface area contributed by atoms with Crippen LogP contribution in [-0.4, -0.2) is 70.2 Å². The molecule has 4 N–H and O–H groups in total. The van der Waals surface area contributed by atoms with Gasteiger partial charge in [-0.2, -0.15) is 0 Å². The zero-order valence-corrected chi connectivity index (χ0v) is 15.8. The SMILES string of the molecule is COc1ccc2cc([C@H](C)C(=O)O[C@H]3[C@H](O)[C@@H](O)[C@H](O)O[C@@H]3C(=O)O)ccc2c1. The van der Waals surface area contributed by atoms with Crippen molar-refractivity contribution in [3.63, 3.8) is 0 Å². The molecule has 1 aliphatic rings. The van der Waals surface area contributed by atoms with E-state index in [9.17, 15) is 30.0 Å². The fourth-order valence-corrected chi connectivity index (χ4v) is 3.19. The van der Waals surface area contributed by atoms with E-state index in [1.807, 2.05) is 18.2 Å². The van der Waals surface area contributed by atoms with Crippen molar-refractivity contribution in [1.82, 2.24) is 0 Å². The van der Waals surface area contributed by atoms with Gasteiger partial charge in [-0.3, -0.25) is 4.79 Å². The Kier molecular flexibility index (Phi) is 6.04. The molecule has 0 aliphatic carbocycles. The van der Waals surface area contributed by atoms with Crippen LogP contribution in [0.4, 0.5) is 0 Å². The average molecular weight is 406 g/mol. The number of ether oxygens (including phenoxy) is 3. The molecular weight excluding hydrogens is 384 g/mol. The van der Waals surface area contributed by atoms with Crippen molar-refractivity contribution in [2.45, 2.75) is 43.5 Å². The first-order valence-electron chi connectivity index (χ1n) is 8.93. The Hall–Kier alpha value is -2.72. The first-order valence-corrected chi connectivity index (χ1v) is 8.93. The van der Waals surface area contributed by atoms with Crippen molar-refractivity contribution in [2.75, 3.05) is 7.11 Å². The number of carbonyl (C=O) groups is 2. The normalized spacial score (nSPS) is 28.0. The largest absolute Gasteiger partial charge is 0.497 e. The summed E-state index contributed by atoms with van der Waals surface area (Å²) in [5, 5.41) is 40.3. The van der Waals surface area contributed by atoms with Crippen LogP contribution in [0.5, 0.6) is 5.75 Å². The lowest BCUT2D eigenvalue weighted by Crippen LogP contribution is -2.61. The van der Waals surface area contributed by atoms with E-state index in [4.69, 9.17) is 14.2 Å². The maximum atomic E-state index is 12.6. The van der Waals surface area contributed by atoms with Gasteiger partial charge >= 0.3 is 11.9 Å². The predicted octanol–water partition coefficient (Wildman–Crippen LogP) is 0.387. The summed E-state index contributed by atoms with van der Waals surface area (Å²) in [5.74, 6) is -2.43. The van der Waals surface area contributed by atoms with Gasteiger partial charge in [0.05, 0.1) is 13.0 Å². The number of carboxylic acid groups (broad SMARTS) is 1. The molecule has 0 bridgehead atoms. The van der Waals surface area contributed by atoms with Crippen LogP contribution in [0.2, 0.25) is 0 Å². The van der Waals surface area contributed by atoms with Crippen LogP contribution in [0.1, 0.15) is 18.4 Å². The third-order valence-electron chi connectivity index (χ3n) is 4.98. The molecular formula is C20H22O9. The molecule has 1 saturated heterocycles. The summed E-state index contributed by atoms with van der Waals surface area (Å²) in [6, 6.07) is 10.8. The van der Waals surface area contributed by atoms with Gasteiger partial charge in [0.2, 0.25) is 0 Å². The molecule has 156 valence electrons. The van der Waals surface area contributed by atoms with E-state index in [1.165, 1.54) is 0 Å². The molecule has 1 fully saturated rings. The third-order valence-corrected chi connectivity index (χ3v) is 4.98. The second kappa shape index (κ2) is 8.34. The smallest absolute Gasteiger partial charge is 0.336 e. The summed E-state index contributed by atoms with van der Waals surface area (Å²) in [6.07, 6.45) is -9.03. The summed E-state index contributed by atoms with van der Waals surface area (Å²) in [4.78, 5) is 24.0. The summed E-state index contributed by atoms with van der Waals surface area (Å²) in [5.41, 5.74) is 0.617. The molecule has 9 heteroatoms. The second-order valence-corrected chi connectivity index (χ2v) is 6.86. The number of carboxylic acids is 1. The summed E-state index contributed by atoms with van der Waals surface area (Å²) >= 11 is 0. The third kappa shape index (κ3) is 4.18. The van der Waals surface area contributed by atoms with E-state index in [2.05, 4.69) is 0 Å². The van der Waals surface area contributed by atoms with Crippen molar-refractivity contribution in [2.24, 2.45) is 0 Å². The summed E-state index contributed by atoms with van der Waals surface area (Å²) < 4.78 is 15.1. The minimum absolute atomic E-state index is 0.617. The van der Waals surface area contributed by atoms with E-state index >= 15 is 0 Å². The van der Waals surface area contributed by atoms with Gasteiger partial charge in [-0.05, 0) is 35.4 Å². The Morgan fingerprint density at radius 2 is 1.69 bits per heavy atom. The Morgan fingerprint density at radius 1 is 1.03 bits per heavy atom. The lowest BCUT2D eigenvalue weighted by molar-refractivity contribution is -0.283. The number of carbonyl (C=O) groups excluding carboxylic acids is 1. The van der Waals surface area contributed by atoms with Gasteiger partial charge in [0.25, 0.3) is 0 Å². The van der Waals surface area contributed by atoms with Crippen molar-refractivity contribution in [3.8, 4) is 5.75 Å². The Labute approximate surface area is 166 Å². The summed E-state index contributed by atoms with van der Waals surface area (Å²) in [7, 11) is 1.57. The van der Waals surface area contributed by atoms with Crippen molar-refractivity contribution in [3.05, 3.63) is 42.0 Å². The average Bonchev–Trinajstić information content (AvgIpc) is 2.72. The van der Waals surface area contributed by atoms with Crippen LogP contribution in [-0.2, 0) is 19.1 Å². The fraction of sp³-hybridized carbons (Fsp3) is 0.400. The topological polar surface area (TPSA) is 143 Å². The highest BCUT2D eigenvalue weighted by atomic mass is 16.7. The molecule has 1 aliphatic heterocycles. The monoisotopic (exact) mass is 406 g/mol. The highest BCUT2D eigenvalue weighted by Crippen LogP contribution is 2.28. The van der Waals surface area contributed by atoms with Crippen molar-refractivity contribution >= 4 is 22.7 Å². The van der Waals surface area contributed by atoms with Crippen LogP contribution in [0.3, 0.4) is 0 Å². The van der Waals surface area contributed by atoms with Crippen LogP contribution in [0.25, 0.3) is 10.8 Å². The van der Waals surface area contributed by atoms with Crippen LogP contribution >= 0.6 is 0 Å². The quantitative estimate of drug-likeness (QED) is 0.518. The Bertz CT molecular complexity index is 912. The second-order valence-electron chi connectivity index (χ2n) is 6.86. The minimum atomic E-state index is -1.91. The number of methoxy groups -OCH3 is 1. The molecule has 0 spiro atoms. The van der Waals surface area contributed by atoms with Gasteiger partial charge in [-0.1, -0.05) is 24.3 Å². The van der Waals surface area contributed by atoms with Gasteiger partial charge in [-0.15, -0.1) is 0 Å². The van der Waals surface area contributed by atoms with Gasteiger partial charge in [0, 0.05) is 0 Å². The van der Waals surface area contributed by atoms with E-state index in [-0.39, 0.29) is 0 Å².